The van der Waals surface area contributed by atoms with Gasteiger partial charge in [-0.1, -0.05) is 20.4 Å². The summed E-state index contributed by atoms with van der Waals surface area (Å²) in [6.07, 6.45) is 0. The van der Waals surface area contributed by atoms with Crippen molar-refractivity contribution in [2.45, 2.75) is 47.2 Å². The lowest BCUT2D eigenvalue weighted by Crippen LogP contribution is -2.41. The van der Waals surface area contributed by atoms with Gasteiger partial charge in [0.1, 0.15) is 5.82 Å². The molecule has 1 amide bonds. The fourth-order valence-corrected chi connectivity index (χ4v) is 3.03. The van der Waals surface area contributed by atoms with Crippen LogP contribution in [0.1, 0.15) is 62.7 Å². The molecule has 0 spiro atoms. The van der Waals surface area contributed by atoms with Crippen LogP contribution in [-0.2, 0) is 6.54 Å². The first-order valence-electron chi connectivity index (χ1n) is 9.09. The first kappa shape index (κ1) is 20.5. The summed E-state index contributed by atoms with van der Waals surface area (Å²) in [7, 11) is 0. The fourth-order valence-electron chi connectivity index (χ4n) is 3.03. The quantitative estimate of drug-likeness (QED) is 0.766. The molecule has 3 rings (SSSR count). The molecule has 1 aromatic carbocycles. The van der Waals surface area contributed by atoms with Crippen LogP contribution in [0.25, 0.3) is 0 Å². The second kappa shape index (κ2) is 8.70. The Bertz CT molecular complexity index is 854. The minimum absolute atomic E-state index is 0.143. The lowest BCUT2D eigenvalue weighted by atomic mass is 10.1. The molecule has 0 radical (unpaired) electrons. The monoisotopic (exact) mass is 371 g/mol. The van der Waals surface area contributed by atoms with Crippen molar-refractivity contribution in [1.29, 1.82) is 0 Å². The van der Waals surface area contributed by atoms with Gasteiger partial charge < -0.3 is 9.47 Å². The summed E-state index contributed by atoms with van der Waals surface area (Å²) < 4.78 is 15.1. The highest BCUT2D eigenvalue weighted by Gasteiger charge is 2.32. The molecule has 0 bridgehead atoms. The van der Waals surface area contributed by atoms with Crippen molar-refractivity contribution in [3.63, 3.8) is 0 Å². The Labute approximate surface area is 159 Å². The number of allylic oxidation sites excluding steroid dienone is 1. The van der Waals surface area contributed by atoms with Gasteiger partial charge in [0.15, 0.2) is 11.6 Å². The zero-order valence-electron chi connectivity index (χ0n) is 16.5. The molecule has 27 heavy (non-hydrogen) atoms. The summed E-state index contributed by atoms with van der Waals surface area (Å²) in [4.78, 5) is 18.8. The van der Waals surface area contributed by atoms with E-state index in [4.69, 9.17) is 0 Å². The highest BCUT2D eigenvalue weighted by atomic mass is 19.1. The Hall–Kier alpha value is -2.83. The van der Waals surface area contributed by atoms with Crippen molar-refractivity contribution in [3.8, 4) is 0 Å². The second-order valence-electron chi connectivity index (χ2n) is 6.15. The van der Waals surface area contributed by atoms with Crippen molar-refractivity contribution >= 4 is 11.6 Å². The molecular formula is C20H26FN5O. The van der Waals surface area contributed by atoms with Gasteiger partial charge in [0.2, 0.25) is 0 Å². The average molecular weight is 371 g/mol. The van der Waals surface area contributed by atoms with E-state index in [-0.39, 0.29) is 17.8 Å². The third-order valence-electron chi connectivity index (χ3n) is 4.22. The number of aromatic nitrogens is 3. The summed E-state index contributed by atoms with van der Waals surface area (Å²) in [5.74, 6) is 0.905. The van der Waals surface area contributed by atoms with Crippen LogP contribution in [0.2, 0.25) is 0 Å². The normalized spacial score (nSPS) is 16.3. The SMILES string of the molecule is C=C(C)N=C(C)c1nnc2n1CCN(C(=O)c1ccc(F)cc1)[C@@H]2C.CC. The average Bonchev–Trinajstić information content (AvgIpc) is 3.08. The van der Waals surface area contributed by atoms with Gasteiger partial charge in [0, 0.05) is 24.4 Å². The molecule has 0 saturated carbocycles. The summed E-state index contributed by atoms with van der Waals surface area (Å²) >= 11 is 0. The molecule has 1 aliphatic rings. The molecule has 2 heterocycles. The maximum absolute atomic E-state index is 13.1. The number of halogens is 1. The molecule has 2 aromatic rings. The molecule has 1 atom stereocenters. The van der Waals surface area contributed by atoms with Crippen LogP contribution >= 0.6 is 0 Å². The van der Waals surface area contributed by atoms with Crippen LogP contribution in [0.15, 0.2) is 41.5 Å². The van der Waals surface area contributed by atoms with Gasteiger partial charge in [-0.25, -0.2) is 4.39 Å². The van der Waals surface area contributed by atoms with Crippen molar-refractivity contribution in [2.75, 3.05) is 6.54 Å². The zero-order chi connectivity index (χ0) is 20.1. The summed E-state index contributed by atoms with van der Waals surface area (Å²) in [6.45, 7) is 14.5. The summed E-state index contributed by atoms with van der Waals surface area (Å²) in [6, 6.07) is 5.35. The maximum Gasteiger partial charge on any atom is 0.254 e. The number of hydrogen-bond acceptors (Lipinski definition) is 4. The molecule has 0 N–H and O–H groups in total. The van der Waals surface area contributed by atoms with Gasteiger partial charge in [0.25, 0.3) is 5.91 Å². The summed E-state index contributed by atoms with van der Waals surface area (Å²) in [5.41, 5.74) is 1.91. The molecule has 0 unspecified atom stereocenters. The zero-order valence-corrected chi connectivity index (χ0v) is 16.5. The Morgan fingerprint density at radius 2 is 1.81 bits per heavy atom. The van der Waals surface area contributed by atoms with Gasteiger partial charge in [-0.15, -0.1) is 10.2 Å². The minimum atomic E-state index is -0.361. The number of carbonyl (C=O) groups excluding carboxylic acids is 1. The first-order valence-corrected chi connectivity index (χ1v) is 9.09. The predicted molar refractivity (Wildman–Crippen MR) is 104 cm³/mol. The molecular weight excluding hydrogens is 345 g/mol. The van der Waals surface area contributed by atoms with Crippen molar-refractivity contribution < 1.29 is 9.18 Å². The Balaban J connectivity index is 0.00000126. The smallest absolute Gasteiger partial charge is 0.254 e. The van der Waals surface area contributed by atoms with E-state index < -0.39 is 0 Å². The molecule has 0 fully saturated rings. The molecule has 0 saturated heterocycles. The fraction of sp³-hybridized carbons (Fsp3) is 0.400. The Morgan fingerprint density at radius 1 is 1.19 bits per heavy atom. The lowest BCUT2D eigenvalue weighted by molar-refractivity contribution is 0.0637. The molecule has 7 heteroatoms. The van der Waals surface area contributed by atoms with E-state index in [0.29, 0.717) is 36.0 Å². The van der Waals surface area contributed by atoms with Gasteiger partial charge in [-0.2, -0.15) is 0 Å². The minimum Gasteiger partial charge on any atom is -0.327 e. The molecule has 144 valence electrons. The predicted octanol–water partition coefficient (Wildman–Crippen LogP) is 4.00. The summed E-state index contributed by atoms with van der Waals surface area (Å²) in [5, 5.41) is 8.49. The molecule has 1 aromatic heterocycles. The van der Waals surface area contributed by atoms with E-state index in [2.05, 4.69) is 21.8 Å². The third kappa shape index (κ3) is 4.30. The van der Waals surface area contributed by atoms with Crippen LogP contribution < -0.4 is 0 Å². The van der Waals surface area contributed by atoms with Crippen LogP contribution in [0, 0.1) is 5.82 Å². The lowest BCUT2D eigenvalue weighted by Gasteiger charge is -2.33. The topological polar surface area (TPSA) is 63.4 Å². The van der Waals surface area contributed by atoms with E-state index in [0.717, 1.165) is 5.71 Å². The third-order valence-corrected chi connectivity index (χ3v) is 4.22. The highest BCUT2D eigenvalue weighted by molar-refractivity contribution is 5.96. The molecule has 6 nitrogen and oxygen atoms in total. The number of fused-ring (bicyclic) bond motifs is 1. The van der Waals surface area contributed by atoms with E-state index in [9.17, 15) is 9.18 Å². The van der Waals surface area contributed by atoms with Crippen LogP contribution in [0.3, 0.4) is 0 Å². The van der Waals surface area contributed by atoms with E-state index in [1.54, 1.807) is 4.90 Å². The number of amides is 1. The van der Waals surface area contributed by atoms with Crippen LogP contribution in [0.5, 0.6) is 0 Å². The molecule has 0 aliphatic carbocycles. The van der Waals surface area contributed by atoms with E-state index in [1.165, 1.54) is 24.3 Å². The van der Waals surface area contributed by atoms with Gasteiger partial charge >= 0.3 is 0 Å². The largest absolute Gasteiger partial charge is 0.327 e. The van der Waals surface area contributed by atoms with Crippen molar-refractivity contribution in [1.82, 2.24) is 19.7 Å². The second-order valence-corrected chi connectivity index (χ2v) is 6.15. The number of aliphatic imine (C=N–C) groups is 1. The number of rotatable bonds is 3. The van der Waals surface area contributed by atoms with Gasteiger partial charge in [-0.05, 0) is 45.0 Å². The Morgan fingerprint density at radius 3 is 2.41 bits per heavy atom. The van der Waals surface area contributed by atoms with Crippen molar-refractivity contribution in [2.24, 2.45) is 4.99 Å². The number of carbonyl (C=O) groups is 1. The van der Waals surface area contributed by atoms with E-state index >= 15 is 0 Å². The van der Waals surface area contributed by atoms with E-state index in [1.807, 2.05) is 39.2 Å². The highest BCUT2D eigenvalue weighted by Crippen LogP contribution is 2.26. The van der Waals surface area contributed by atoms with Gasteiger partial charge in [0.05, 0.1) is 11.8 Å². The number of nitrogens with zero attached hydrogens (tertiary/aromatic N) is 5. The standard InChI is InChI=1S/C18H20FN5O.C2H6/c1-11(2)20-12(3)16-21-22-17-13(4)23(9-10-24(16)17)18(25)14-5-7-15(19)8-6-14;1-2/h5-8,13H,1,9-10H2,2-4H3;1-2H3/t13-;/m1./s1. The number of hydrogen-bond donors (Lipinski definition) is 0. The maximum atomic E-state index is 13.1. The first-order chi connectivity index (χ1) is 12.9. The van der Waals surface area contributed by atoms with Crippen molar-refractivity contribution in [3.05, 3.63) is 59.6 Å². The van der Waals surface area contributed by atoms with Gasteiger partial charge in [-0.3, -0.25) is 9.79 Å². The van der Waals surface area contributed by atoms with Crippen LogP contribution in [0.4, 0.5) is 4.39 Å². The Kier molecular flexibility index (Phi) is 6.60. The molecule has 1 aliphatic heterocycles. The van der Waals surface area contributed by atoms with Crippen LogP contribution in [-0.4, -0.2) is 37.8 Å². The number of benzene rings is 1.